The van der Waals surface area contributed by atoms with Gasteiger partial charge in [0.25, 0.3) is 5.91 Å². The van der Waals surface area contributed by atoms with E-state index in [1.165, 1.54) is 28.8 Å². The molecule has 1 aliphatic heterocycles. The number of nitrogens with zero attached hydrogens (tertiary/aromatic N) is 1. The van der Waals surface area contributed by atoms with Crippen molar-refractivity contribution in [3.05, 3.63) is 29.6 Å². The van der Waals surface area contributed by atoms with Crippen LogP contribution in [0.25, 0.3) is 0 Å². The van der Waals surface area contributed by atoms with Gasteiger partial charge in [-0.05, 0) is 18.2 Å². The zero-order valence-electron chi connectivity index (χ0n) is 10.9. The molecule has 1 saturated heterocycles. The van der Waals surface area contributed by atoms with Gasteiger partial charge in [-0.3, -0.25) is 4.79 Å². The lowest BCUT2D eigenvalue weighted by Crippen LogP contribution is -2.49. The van der Waals surface area contributed by atoms with Crippen molar-refractivity contribution in [1.29, 1.82) is 0 Å². The molecule has 2 N–H and O–H groups in total. The number of anilines is 1. The van der Waals surface area contributed by atoms with E-state index in [1.54, 1.807) is 0 Å². The minimum absolute atomic E-state index is 0.0459. The lowest BCUT2D eigenvalue weighted by Gasteiger charge is -2.34. The normalized spacial score (nSPS) is 19.9. The minimum Gasteiger partial charge on any atom is -0.396 e. The fourth-order valence-electron chi connectivity index (χ4n) is 1.99. The van der Waals surface area contributed by atoms with Gasteiger partial charge in [-0.25, -0.2) is 12.8 Å². The number of amides is 1. The van der Waals surface area contributed by atoms with E-state index < -0.39 is 26.9 Å². The number of nitrogen functional groups attached to an aromatic ring is 1. The summed E-state index contributed by atoms with van der Waals surface area (Å²) in [4.78, 5) is 13.7. The van der Waals surface area contributed by atoms with E-state index in [9.17, 15) is 17.6 Å². The first-order chi connectivity index (χ1) is 9.30. The first-order valence-corrected chi connectivity index (χ1v) is 9.04. The van der Waals surface area contributed by atoms with Crippen LogP contribution in [0.4, 0.5) is 10.1 Å². The molecule has 110 valence electrons. The van der Waals surface area contributed by atoms with Crippen LogP contribution in [0.1, 0.15) is 10.4 Å². The summed E-state index contributed by atoms with van der Waals surface area (Å²) < 4.78 is 36.9. The zero-order chi connectivity index (χ0) is 14.9. The molecule has 8 heteroatoms. The van der Waals surface area contributed by atoms with Crippen molar-refractivity contribution in [2.75, 3.05) is 30.0 Å². The summed E-state index contributed by atoms with van der Waals surface area (Å²) in [6, 6.07) is 3.75. The van der Waals surface area contributed by atoms with Crippen LogP contribution in [-0.2, 0) is 9.84 Å². The fraction of sp³-hybridized carbons (Fsp3) is 0.417. The highest BCUT2D eigenvalue weighted by Crippen LogP contribution is 2.23. The number of carbonyl (C=O) groups is 1. The molecule has 1 unspecified atom stereocenters. The van der Waals surface area contributed by atoms with E-state index in [0.717, 1.165) is 12.3 Å². The maximum absolute atomic E-state index is 13.4. The van der Waals surface area contributed by atoms with E-state index >= 15 is 0 Å². The van der Waals surface area contributed by atoms with Crippen LogP contribution >= 0.6 is 11.8 Å². The van der Waals surface area contributed by atoms with Gasteiger partial charge in [-0.15, -0.1) is 0 Å². The maximum Gasteiger partial charge on any atom is 0.255 e. The van der Waals surface area contributed by atoms with Crippen molar-refractivity contribution < 1.29 is 17.6 Å². The Balaban J connectivity index is 2.32. The Kier molecular flexibility index (Phi) is 4.24. The summed E-state index contributed by atoms with van der Waals surface area (Å²) in [7, 11) is -3.38. The van der Waals surface area contributed by atoms with Crippen molar-refractivity contribution in [3.8, 4) is 0 Å². The summed E-state index contributed by atoms with van der Waals surface area (Å²) in [5.74, 6) is -0.171. The second-order valence-electron chi connectivity index (χ2n) is 4.59. The van der Waals surface area contributed by atoms with Crippen molar-refractivity contribution >= 4 is 33.2 Å². The predicted octanol–water partition coefficient (Wildman–Crippen LogP) is 0.968. The van der Waals surface area contributed by atoms with Gasteiger partial charge in [-0.1, -0.05) is 0 Å². The molecule has 2 rings (SSSR count). The standard InChI is InChI=1S/C12H15FN2O3S2/c1-20(17,18)11-7-19-5-4-15(11)12(16)8-2-3-10(14)9(13)6-8/h2-3,6,11H,4-5,7,14H2,1H3. The van der Waals surface area contributed by atoms with E-state index in [2.05, 4.69) is 0 Å². The molecule has 1 aliphatic rings. The summed E-state index contributed by atoms with van der Waals surface area (Å²) in [6.45, 7) is 0.327. The third-order valence-electron chi connectivity index (χ3n) is 3.09. The molecular weight excluding hydrogens is 303 g/mol. The highest BCUT2D eigenvalue weighted by atomic mass is 32.2. The topological polar surface area (TPSA) is 80.5 Å². The monoisotopic (exact) mass is 318 g/mol. The van der Waals surface area contributed by atoms with Gasteiger partial charge in [-0.2, -0.15) is 11.8 Å². The second-order valence-corrected chi connectivity index (χ2v) is 7.95. The van der Waals surface area contributed by atoms with Crippen LogP contribution in [0.15, 0.2) is 18.2 Å². The Hall–Kier alpha value is -1.28. The van der Waals surface area contributed by atoms with Crippen LogP contribution in [0, 0.1) is 5.82 Å². The lowest BCUT2D eigenvalue weighted by atomic mass is 10.1. The van der Waals surface area contributed by atoms with E-state index in [1.807, 2.05) is 0 Å². The molecule has 0 bridgehead atoms. The average Bonchev–Trinajstić information content (AvgIpc) is 2.40. The Morgan fingerprint density at radius 2 is 2.20 bits per heavy atom. The molecule has 0 aliphatic carbocycles. The van der Waals surface area contributed by atoms with Gasteiger partial charge in [0.2, 0.25) is 0 Å². The first-order valence-electron chi connectivity index (χ1n) is 5.93. The number of halogens is 1. The van der Waals surface area contributed by atoms with Gasteiger partial charge < -0.3 is 10.6 Å². The SMILES string of the molecule is CS(=O)(=O)C1CSCCN1C(=O)c1ccc(N)c(F)c1. The van der Waals surface area contributed by atoms with Crippen molar-refractivity contribution in [2.24, 2.45) is 0 Å². The summed E-state index contributed by atoms with van der Waals surface area (Å²) in [5, 5.41) is -0.866. The Morgan fingerprint density at radius 1 is 1.50 bits per heavy atom. The fourth-order valence-corrected chi connectivity index (χ4v) is 4.81. The molecule has 0 saturated carbocycles. The molecule has 5 nitrogen and oxygen atoms in total. The molecule has 1 aromatic rings. The van der Waals surface area contributed by atoms with Crippen LogP contribution in [-0.4, -0.2) is 48.9 Å². The van der Waals surface area contributed by atoms with Gasteiger partial charge >= 0.3 is 0 Å². The molecule has 1 amide bonds. The molecular formula is C12H15FN2O3S2. The molecule has 20 heavy (non-hydrogen) atoms. The van der Waals surface area contributed by atoms with Gasteiger partial charge in [0.1, 0.15) is 11.2 Å². The number of thioether (sulfide) groups is 1. The molecule has 0 aromatic heterocycles. The van der Waals surface area contributed by atoms with Crippen molar-refractivity contribution in [3.63, 3.8) is 0 Å². The third-order valence-corrected chi connectivity index (χ3v) is 5.73. The van der Waals surface area contributed by atoms with Gasteiger partial charge in [0, 0.05) is 29.9 Å². The van der Waals surface area contributed by atoms with Crippen LogP contribution in [0.2, 0.25) is 0 Å². The second kappa shape index (κ2) is 5.61. The lowest BCUT2D eigenvalue weighted by molar-refractivity contribution is 0.0749. The molecule has 0 radical (unpaired) electrons. The number of sulfone groups is 1. The number of carbonyl (C=O) groups excluding carboxylic acids is 1. The predicted molar refractivity (Wildman–Crippen MR) is 77.8 cm³/mol. The Labute approximate surface area is 121 Å². The number of benzene rings is 1. The van der Waals surface area contributed by atoms with Gasteiger partial charge in [0.15, 0.2) is 9.84 Å². The highest BCUT2D eigenvalue weighted by Gasteiger charge is 2.34. The van der Waals surface area contributed by atoms with Gasteiger partial charge in [0.05, 0.1) is 5.69 Å². The maximum atomic E-state index is 13.4. The number of nitrogens with two attached hydrogens (primary N) is 1. The summed E-state index contributed by atoms with van der Waals surface area (Å²) in [5.41, 5.74) is 5.43. The van der Waals surface area contributed by atoms with Crippen LogP contribution in [0.3, 0.4) is 0 Å². The number of rotatable bonds is 2. The smallest absolute Gasteiger partial charge is 0.255 e. The molecule has 1 fully saturated rings. The van der Waals surface area contributed by atoms with Crippen molar-refractivity contribution in [1.82, 2.24) is 4.90 Å². The average molecular weight is 318 g/mol. The molecule has 1 heterocycles. The summed E-state index contributed by atoms with van der Waals surface area (Å²) >= 11 is 1.48. The van der Waals surface area contributed by atoms with E-state index in [-0.39, 0.29) is 11.3 Å². The molecule has 1 aromatic carbocycles. The van der Waals surface area contributed by atoms with E-state index in [0.29, 0.717) is 18.1 Å². The summed E-state index contributed by atoms with van der Waals surface area (Å²) in [6.07, 6.45) is 1.10. The quantitative estimate of drug-likeness (QED) is 0.822. The Morgan fingerprint density at radius 3 is 2.80 bits per heavy atom. The molecule has 0 spiro atoms. The largest absolute Gasteiger partial charge is 0.396 e. The first kappa shape index (κ1) is 15.1. The Bertz CT molecular complexity index is 634. The highest BCUT2D eigenvalue weighted by molar-refractivity contribution is 8.00. The van der Waals surface area contributed by atoms with Crippen molar-refractivity contribution in [2.45, 2.75) is 5.37 Å². The van der Waals surface area contributed by atoms with E-state index in [4.69, 9.17) is 5.73 Å². The number of hydrogen-bond donors (Lipinski definition) is 1. The van der Waals surface area contributed by atoms with Crippen LogP contribution < -0.4 is 5.73 Å². The third kappa shape index (κ3) is 3.06. The minimum atomic E-state index is -3.38. The van der Waals surface area contributed by atoms with Crippen LogP contribution in [0.5, 0.6) is 0 Å². The molecule has 1 atom stereocenters. The number of hydrogen-bond acceptors (Lipinski definition) is 5. The zero-order valence-corrected chi connectivity index (χ0v) is 12.5.